The lowest BCUT2D eigenvalue weighted by atomic mass is 10.1. The van der Waals surface area contributed by atoms with Crippen LogP contribution in [-0.2, 0) is 16.1 Å². The number of likely N-dealkylation sites (tertiary alicyclic amines) is 1. The Morgan fingerprint density at radius 1 is 1.27 bits per heavy atom. The zero-order valence-corrected chi connectivity index (χ0v) is 13.2. The van der Waals surface area contributed by atoms with Crippen molar-refractivity contribution in [1.82, 2.24) is 15.2 Å². The first-order chi connectivity index (χ1) is 10.5. The summed E-state index contributed by atoms with van der Waals surface area (Å²) in [6, 6.07) is 1.88. The first-order valence-corrected chi connectivity index (χ1v) is 7.71. The van der Waals surface area contributed by atoms with E-state index in [1.807, 2.05) is 19.9 Å². The molecule has 0 atom stereocenters. The number of rotatable bonds is 4. The van der Waals surface area contributed by atoms with Gasteiger partial charge in [-0.15, -0.1) is 0 Å². The maximum absolute atomic E-state index is 12.0. The number of aryl methyl sites for hydroxylation is 2. The minimum atomic E-state index is -0.227. The largest absolute Gasteiger partial charge is 0.350 e. The molecule has 2 amide bonds. The van der Waals surface area contributed by atoms with Crippen LogP contribution in [0.1, 0.15) is 42.5 Å². The van der Waals surface area contributed by atoms with Gasteiger partial charge in [0.1, 0.15) is 0 Å². The molecular weight excluding hydrogens is 282 g/mol. The van der Waals surface area contributed by atoms with E-state index in [-0.39, 0.29) is 30.5 Å². The quantitative estimate of drug-likeness (QED) is 0.871. The Morgan fingerprint density at radius 2 is 2.05 bits per heavy atom. The molecule has 0 aromatic carbocycles. The van der Waals surface area contributed by atoms with E-state index in [2.05, 4.69) is 10.3 Å². The Bertz CT molecular complexity index is 622. The van der Waals surface area contributed by atoms with Crippen molar-refractivity contribution in [3.63, 3.8) is 0 Å². The van der Waals surface area contributed by atoms with Gasteiger partial charge >= 0.3 is 0 Å². The number of hydrogen-bond donors (Lipinski definition) is 2. The number of H-pyrrole nitrogens is 1. The number of carbonyl (C=O) groups is 2. The van der Waals surface area contributed by atoms with Crippen molar-refractivity contribution < 1.29 is 9.59 Å². The van der Waals surface area contributed by atoms with Gasteiger partial charge in [0.05, 0.1) is 6.54 Å². The van der Waals surface area contributed by atoms with Crippen LogP contribution < -0.4 is 10.9 Å². The summed E-state index contributed by atoms with van der Waals surface area (Å²) in [5.74, 6) is -0.188. The molecule has 1 aliphatic rings. The van der Waals surface area contributed by atoms with Gasteiger partial charge in [-0.3, -0.25) is 14.4 Å². The Morgan fingerprint density at radius 3 is 2.77 bits per heavy atom. The van der Waals surface area contributed by atoms with Gasteiger partial charge in [0.2, 0.25) is 11.8 Å². The molecular formula is C16H23N3O3. The number of nitrogens with zero attached hydrogens (tertiary/aromatic N) is 1. The van der Waals surface area contributed by atoms with E-state index >= 15 is 0 Å². The molecule has 0 unspecified atom stereocenters. The zero-order chi connectivity index (χ0) is 16.1. The smallest absolute Gasteiger partial charge is 0.253 e. The van der Waals surface area contributed by atoms with E-state index in [9.17, 15) is 14.4 Å². The molecule has 0 saturated carbocycles. The first kappa shape index (κ1) is 16.3. The molecule has 1 aliphatic heterocycles. The maximum Gasteiger partial charge on any atom is 0.253 e. The van der Waals surface area contributed by atoms with Crippen molar-refractivity contribution in [2.75, 3.05) is 13.1 Å². The van der Waals surface area contributed by atoms with Crippen molar-refractivity contribution in [1.29, 1.82) is 0 Å². The number of aromatic amines is 1. The Kier molecular flexibility index (Phi) is 5.35. The molecule has 0 spiro atoms. The van der Waals surface area contributed by atoms with E-state index in [1.54, 1.807) is 4.90 Å². The molecule has 1 aromatic heterocycles. The van der Waals surface area contributed by atoms with Gasteiger partial charge in [-0.05, 0) is 38.3 Å². The third-order valence-corrected chi connectivity index (χ3v) is 3.96. The van der Waals surface area contributed by atoms with Gasteiger partial charge in [-0.1, -0.05) is 6.42 Å². The van der Waals surface area contributed by atoms with Crippen LogP contribution in [0.5, 0.6) is 0 Å². The molecule has 6 nitrogen and oxygen atoms in total. The highest BCUT2D eigenvalue weighted by atomic mass is 16.2. The SMILES string of the molecule is Cc1cc(C)c(CNC(=O)CN2CCCCCC2=O)c(=O)[nH]1. The monoisotopic (exact) mass is 305 g/mol. The lowest BCUT2D eigenvalue weighted by Crippen LogP contribution is -2.40. The normalized spacial score (nSPS) is 15.5. The fourth-order valence-electron chi connectivity index (χ4n) is 2.72. The van der Waals surface area contributed by atoms with Gasteiger partial charge in [0, 0.05) is 30.8 Å². The fraction of sp³-hybridized carbons (Fsp3) is 0.562. The van der Waals surface area contributed by atoms with Gasteiger partial charge in [0.15, 0.2) is 0 Å². The topological polar surface area (TPSA) is 82.3 Å². The van der Waals surface area contributed by atoms with Crippen LogP contribution in [-0.4, -0.2) is 34.8 Å². The highest BCUT2D eigenvalue weighted by molar-refractivity contribution is 5.84. The molecule has 1 saturated heterocycles. The van der Waals surface area contributed by atoms with Gasteiger partial charge in [-0.25, -0.2) is 0 Å². The van der Waals surface area contributed by atoms with E-state index in [0.29, 0.717) is 18.5 Å². The molecule has 2 rings (SSSR count). The molecule has 2 heterocycles. The molecule has 0 aliphatic carbocycles. The molecule has 1 fully saturated rings. The first-order valence-electron chi connectivity index (χ1n) is 7.71. The standard InChI is InChI=1S/C16H23N3O3/c1-11-8-12(2)18-16(22)13(11)9-17-14(20)10-19-7-5-3-4-6-15(19)21/h8H,3-7,9-10H2,1-2H3,(H,17,20)(H,18,22). The molecule has 0 radical (unpaired) electrons. The minimum absolute atomic E-state index is 0.0389. The van der Waals surface area contributed by atoms with Crippen molar-refractivity contribution in [3.05, 3.63) is 33.2 Å². The average molecular weight is 305 g/mol. The van der Waals surface area contributed by atoms with E-state index in [1.165, 1.54) is 0 Å². The van der Waals surface area contributed by atoms with Crippen LogP contribution in [0.4, 0.5) is 0 Å². The minimum Gasteiger partial charge on any atom is -0.350 e. The number of hydrogen-bond acceptors (Lipinski definition) is 3. The van der Waals surface area contributed by atoms with Crippen LogP contribution >= 0.6 is 0 Å². The Balaban J connectivity index is 1.93. The number of aromatic nitrogens is 1. The van der Waals surface area contributed by atoms with Crippen LogP contribution in [0.15, 0.2) is 10.9 Å². The van der Waals surface area contributed by atoms with Gasteiger partial charge in [0.25, 0.3) is 5.56 Å². The highest BCUT2D eigenvalue weighted by Gasteiger charge is 2.19. The summed E-state index contributed by atoms with van der Waals surface area (Å²) in [5.41, 5.74) is 2.03. The van der Waals surface area contributed by atoms with Crippen LogP contribution in [0.2, 0.25) is 0 Å². The van der Waals surface area contributed by atoms with Crippen molar-refractivity contribution in [2.24, 2.45) is 0 Å². The predicted octanol–water partition coefficient (Wildman–Crippen LogP) is 1.01. The zero-order valence-electron chi connectivity index (χ0n) is 13.2. The summed E-state index contributed by atoms with van der Waals surface area (Å²) in [6.45, 7) is 4.56. The van der Waals surface area contributed by atoms with Crippen molar-refractivity contribution in [2.45, 2.75) is 46.1 Å². The van der Waals surface area contributed by atoms with E-state index < -0.39 is 0 Å². The van der Waals surface area contributed by atoms with Crippen LogP contribution in [0, 0.1) is 13.8 Å². The highest BCUT2D eigenvalue weighted by Crippen LogP contribution is 2.10. The number of carbonyl (C=O) groups excluding carboxylic acids is 2. The third-order valence-electron chi connectivity index (χ3n) is 3.96. The molecule has 0 bridgehead atoms. The summed E-state index contributed by atoms with van der Waals surface area (Å²) in [5, 5.41) is 2.74. The number of pyridine rings is 1. The summed E-state index contributed by atoms with van der Waals surface area (Å²) in [7, 11) is 0. The maximum atomic E-state index is 12.0. The molecule has 22 heavy (non-hydrogen) atoms. The lowest BCUT2D eigenvalue weighted by Gasteiger charge is -2.19. The fourth-order valence-corrected chi connectivity index (χ4v) is 2.72. The summed E-state index contributed by atoms with van der Waals surface area (Å²) >= 11 is 0. The lowest BCUT2D eigenvalue weighted by molar-refractivity contribution is -0.135. The van der Waals surface area contributed by atoms with Crippen molar-refractivity contribution in [3.8, 4) is 0 Å². The molecule has 6 heteroatoms. The van der Waals surface area contributed by atoms with Crippen LogP contribution in [0.25, 0.3) is 0 Å². The molecule has 1 aromatic rings. The average Bonchev–Trinajstić information content (AvgIpc) is 2.63. The third kappa shape index (κ3) is 4.19. The molecule has 120 valence electrons. The Labute approximate surface area is 129 Å². The number of nitrogens with one attached hydrogen (secondary N) is 2. The van der Waals surface area contributed by atoms with Gasteiger partial charge < -0.3 is 15.2 Å². The van der Waals surface area contributed by atoms with E-state index in [0.717, 1.165) is 30.5 Å². The summed E-state index contributed by atoms with van der Waals surface area (Å²) in [6.07, 6.45) is 3.39. The Hall–Kier alpha value is -2.11. The summed E-state index contributed by atoms with van der Waals surface area (Å²) < 4.78 is 0. The molecule has 2 N–H and O–H groups in total. The van der Waals surface area contributed by atoms with Crippen molar-refractivity contribution >= 4 is 11.8 Å². The van der Waals surface area contributed by atoms with E-state index in [4.69, 9.17) is 0 Å². The van der Waals surface area contributed by atoms with Crippen LogP contribution in [0.3, 0.4) is 0 Å². The second kappa shape index (κ2) is 7.24. The number of amides is 2. The predicted molar refractivity (Wildman–Crippen MR) is 83.4 cm³/mol. The second-order valence-electron chi connectivity index (χ2n) is 5.85. The van der Waals surface area contributed by atoms with Gasteiger partial charge in [-0.2, -0.15) is 0 Å². The summed E-state index contributed by atoms with van der Waals surface area (Å²) in [4.78, 5) is 40.1. The second-order valence-corrected chi connectivity index (χ2v) is 5.85.